The van der Waals surface area contributed by atoms with Crippen molar-refractivity contribution in [2.75, 3.05) is 13.1 Å². The number of unbranched alkanes of at least 4 members (excludes halogenated alkanes) is 1. The number of carbonyl (C=O) groups is 1. The summed E-state index contributed by atoms with van der Waals surface area (Å²) in [6, 6.07) is 0.0743. The Labute approximate surface area is 150 Å². The van der Waals surface area contributed by atoms with Crippen molar-refractivity contribution < 1.29 is 14.1 Å². The Bertz CT molecular complexity index is 553. The molecule has 1 amide bonds. The van der Waals surface area contributed by atoms with Gasteiger partial charge in [-0.15, -0.1) is 0 Å². The Morgan fingerprint density at radius 1 is 1.48 bits per heavy atom. The second kappa shape index (κ2) is 8.65. The second-order valence-electron chi connectivity index (χ2n) is 7.93. The number of aryl methyl sites for hydroxylation is 1. The van der Waals surface area contributed by atoms with Crippen LogP contribution in [0.1, 0.15) is 65.6 Å². The molecule has 1 saturated heterocycles. The van der Waals surface area contributed by atoms with Gasteiger partial charge in [0.15, 0.2) is 5.82 Å². The zero-order chi connectivity index (χ0) is 18.4. The van der Waals surface area contributed by atoms with E-state index < -0.39 is 5.60 Å². The third kappa shape index (κ3) is 6.65. The number of hydrogen-bond donors (Lipinski definition) is 1. The van der Waals surface area contributed by atoms with E-state index in [0.29, 0.717) is 12.5 Å². The number of nitrogens with one attached hydrogen (secondary N) is 1. The first-order valence-corrected chi connectivity index (χ1v) is 9.30. The normalized spacial score (nSPS) is 19.8. The number of likely N-dealkylation sites (tertiary alicyclic amines) is 1. The number of rotatable bonds is 7. The maximum Gasteiger partial charge on any atom is 0.407 e. The third-order valence-corrected chi connectivity index (χ3v) is 4.38. The van der Waals surface area contributed by atoms with Crippen molar-refractivity contribution >= 4 is 6.09 Å². The lowest BCUT2D eigenvalue weighted by molar-refractivity contribution is 0.0492. The lowest BCUT2D eigenvalue weighted by Crippen LogP contribution is -2.42. The average molecular weight is 352 g/mol. The molecule has 2 rings (SSSR count). The zero-order valence-corrected chi connectivity index (χ0v) is 16.2. The molecule has 7 nitrogen and oxygen atoms in total. The van der Waals surface area contributed by atoms with Crippen LogP contribution in [0.25, 0.3) is 0 Å². The molecule has 2 atom stereocenters. The summed E-state index contributed by atoms with van der Waals surface area (Å²) in [7, 11) is 0. The lowest BCUT2D eigenvalue weighted by Gasteiger charge is -2.24. The molecule has 0 radical (unpaired) electrons. The number of aromatic nitrogens is 2. The highest BCUT2D eigenvalue weighted by Gasteiger charge is 2.29. The molecular weight excluding hydrogens is 320 g/mol. The second-order valence-corrected chi connectivity index (χ2v) is 7.93. The fourth-order valence-corrected chi connectivity index (χ4v) is 3.01. The van der Waals surface area contributed by atoms with Gasteiger partial charge in [0.25, 0.3) is 0 Å². The van der Waals surface area contributed by atoms with E-state index in [2.05, 4.69) is 27.3 Å². The molecule has 1 aliphatic rings. The fraction of sp³-hybridized carbons (Fsp3) is 0.833. The van der Waals surface area contributed by atoms with E-state index >= 15 is 0 Å². The van der Waals surface area contributed by atoms with E-state index in [-0.39, 0.29) is 12.1 Å². The predicted molar refractivity (Wildman–Crippen MR) is 95.1 cm³/mol. The topological polar surface area (TPSA) is 80.5 Å². The number of alkyl carbamates (subject to hydrolysis) is 1. The first-order valence-electron chi connectivity index (χ1n) is 9.30. The number of ether oxygens (including phenoxy) is 1. The molecule has 0 bridgehead atoms. The van der Waals surface area contributed by atoms with Crippen LogP contribution in [-0.2, 0) is 17.7 Å². The van der Waals surface area contributed by atoms with Gasteiger partial charge in [-0.25, -0.2) is 4.79 Å². The summed E-state index contributed by atoms with van der Waals surface area (Å²) in [5.74, 6) is 1.88. The number of nitrogens with zero attached hydrogens (tertiary/aromatic N) is 3. The number of amides is 1. The van der Waals surface area contributed by atoms with Gasteiger partial charge >= 0.3 is 6.09 Å². The standard InChI is InChI=1S/C18H32N4O3/c1-6-7-8-16-20-15(21-25-16)12-22-10-9-14(11-22)13(2)19-17(23)24-18(3,4)5/h13-14H,6-12H2,1-5H3,(H,19,23)/t13-,14+/m0/s1. The van der Waals surface area contributed by atoms with E-state index in [1.807, 2.05) is 27.7 Å². The van der Waals surface area contributed by atoms with E-state index in [1.165, 1.54) is 0 Å². The Hall–Kier alpha value is -1.63. The van der Waals surface area contributed by atoms with E-state index in [4.69, 9.17) is 9.26 Å². The molecule has 1 N–H and O–H groups in total. The highest BCUT2D eigenvalue weighted by Crippen LogP contribution is 2.21. The Kier molecular flexibility index (Phi) is 6.81. The Morgan fingerprint density at radius 2 is 2.24 bits per heavy atom. The minimum absolute atomic E-state index is 0.0743. The van der Waals surface area contributed by atoms with Gasteiger partial charge in [-0.3, -0.25) is 4.90 Å². The van der Waals surface area contributed by atoms with Crippen LogP contribution in [0.2, 0.25) is 0 Å². The minimum atomic E-state index is -0.473. The van der Waals surface area contributed by atoms with Crippen molar-refractivity contribution in [1.29, 1.82) is 0 Å². The molecule has 2 heterocycles. The van der Waals surface area contributed by atoms with Gasteiger partial charge in [-0.05, 0) is 53.0 Å². The number of hydrogen-bond acceptors (Lipinski definition) is 6. The molecule has 1 aromatic heterocycles. The first kappa shape index (κ1) is 19.7. The molecule has 0 unspecified atom stereocenters. The van der Waals surface area contributed by atoms with Crippen LogP contribution in [0, 0.1) is 5.92 Å². The van der Waals surface area contributed by atoms with Crippen molar-refractivity contribution in [2.24, 2.45) is 5.92 Å². The van der Waals surface area contributed by atoms with Gasteiger partial charge in [0.2, 0.25) is 5.89 Å². The lowest BCUT2D eigenvalue weighted by atomic mass is 10.0. The van der Waals surface area contributed by atoms with Gasteiger partial charge in [-0.2, -0.15) is 4.98 Å². The average Bonchev–Trinajstić information content (AvgIpc) is 3.13. The van der Waals surface area contributed by atoms with Crippen LogP contribution in [0.15, 0.2) is 4.52 Å². The van der Waals surface area contributed by atoms with Gasteiger partial charge in [0.1, 0.15) is 5.60 Å². The Balaban J connectivity index is 1.76. The monoisotopic (exact) mass is 352 g/mol. The third-order valence-electron chi connectivity index (χ3n) is 4.38. The van der Waals surface area contributed by atoms with Crippen molar-refractivity contribution in [3.63, 3.8) is 0 Å². The molecule has 25 heavy (non-hydrogen) atoms. The molecule has 0 saturated carbocycles. The van der Waals surface area contributed by atoms with Crippen LogP contribution in [0.3, 0.4) is 0 Å². The molecule has 0 aliphatic carbocycles. The van der Waals surface area contributed by atoms with Crippen molar-refractivity contribution in [3.05, 3.63) is 11.7 Å². The van der Waals surface area contributed by atoms with Gasteiger partial charge in [0.05, 0.1) is 6.54 Å². The maximum atomic E-state index is 11.9. The highest BCUT2D eigenvalue weighted by atomic mass is 16.6. The summed E-state index contributed by atoms with van der Waals surface area (Å²) in [6.45, 7) is 12.4. The van der Waals surface area contributed by atoms with Gasteiger partial charge < -0.3 is 14.6 Å². The smallest absolute Gasteiger partial charge is 0.407 e. The van der Waals surface area contributed by atoms with Crippen LogP contribution < -0.4 is 5.32 Å². The predicted octanol–water partition coefficient (Wildman–Crippen LogP) is 3.15. The molecule has 7 heteroatoms. The quantitative estimate of drug-likeness (QED) is 0.812. The fourth-order valence-electron chi connectivity index (χ4n) is 3.01. The summed E-state index contributed by atoms with van der Waals surface area (Å²) in [5.41, 5.74) is -0.473. The van der Waals surface area contributed by atoms with Gasteiger partial charge in [0, 0.05) is 19.0 Å². The number of carbonyl (C=O) groups excluding carboxylic acids is 1. The first-order chi connectivity index (χ1) is 11.8. The van der Waals surface area contributed by atoms with Gasteiger partial charge in [-0.1, -0.05) is 18.5 Å². The van der Waals surface area contributed by atoms with E-state index in [9.17, 15) is 4.79 Å². The summed E-state index contributed by atoms with van der Waals surface area (Å²) in [5, 5.41) is 7.03. The van der Waals surface area contributed by atoms with Crippen LogP contribution in [0.5, 0.6) is 0 Å². The molecule has 1 aromatic rings. The minimum Gasteiger partial charge on any atom is -0.444 e. The molecule has 0 aromatic carbocycles. The molecule has 1 fully saturated rings. The van der Waals surface area contributed by atoms with Crippen molar-refractivity contribution in [3.8, 4) is 0 Å². The maximum absolute atomic E-state index is 11.9. The van der Waals surface area contributed by atoms with Crippen molar-refractivity contribution in [1.82, 2.24) is 20.4 Å². The summed E-state index contributed by atoms with van der Waals surface area (Å²) < 4.78 is 10.6. The largest absolute Gasteiger partial charge is 0.444 e. The van der Waals surface area contributed by atoms with Crippen LogP contribution in [-0.4, -0.2) is 45.9 Å². The highest BCUT2D eigenvalue weighted by molar-refractivity contribution is 5.68. The molecule has 0 spiro atoms. The van der Waals surface area contributed by atoms with Crippen LogP contribution in [0.4, 0.5) is 4.79 Å². The van der Waals surface area contributed by atoms with Crippen LogP contribution >= 0.6 is 0 Å². The molecule has 142 valence electrons. The van der Waals surface area contributed by atoms with Crippen molar-refractivity contribution in [2.45, 2.75) is 78.5 Å². The van der Waals surface area contributed by atoms with E-state index in [1.54, 1.807) is 0 Å². The Morgan fingerprint density at radius 3 is 2.92 bits per heavy atom. The SMILES string of the molecule is CCCCc1nc(CN2CC[C@@H]([C@H](C)NC(=O)OC(C)(C)C)C2)no1. The van der Waals surface area contributed by atoms with E-state index in [0.717, 1.165) is 50.5 Å². The summed E-state index contributed by atoms with van der Waals surface area (Å²) in [6.07, 6.45) is 3.73. The summed E-state index contributed by atoms with van der Waals surface area (Å²) in [4.78, 5) is 18.7. The molecule has 1 aliphatic heterocycles. The zero-order valence-electron chi connectivity index (χ0n) is 16.2. The molecular formula is C18H32N4O3. The summed E-state index contributed by atoms with van der Waals surface area (Å²) >= 11 is 0.